The molecule has 7 heteroatoms. The fraction of sp³-hybridized carbons (Fsp3) is 0.562. The Morgan fingerprint density at radius 3 is 2.61 bits per heavy atom. The number of aryl methyl sites for hydroxylation is 1. The van der Waals surface area contributed by atoms with Crippen molar-refractivity contribution in [3.05, 3.63) is 16.0 Å². The highest BCUT2D eigenvalue weighted by Gasteiger charge is 2.29. The van der Waals surface area contributed by atoms with Gasteiger partial charge in [0.15, 0.2) is 6.10 Å². The van der Waals surface area contributed by atoms with E-state index in [2.05, 4.69) is 10.6 Å². The van der Waals surface area contributed by atoms with Crippen LogP contribution in [0.2, 0.25) is 0 Å². The first-order valence-corrected chi connectivity index (χ1v) is 8.66. The number of rotatable bonds is 5. The molecular weight excluding hydrogens is 316 g/mol. The van der Waals surface area contributed by atoms with Gasteiger partial charge in [0.1, 0.15) is 5.00 Å². The summed E-state index contributed by atoms with van der Waals surface area (Å²) in [4.78, 5) is 36.8. The minimum Gasteiger partial charge on any atom is -0.449 e. The van der Waals surface area contributed by atoms with Crippen molar-refractivity contribution in [3.63, 3.8) is 0 Å². The van der Waals surface area contributed by atoms with E-state index in [-0.39, 0.29) is 11.8 Å². The molecule has 2 rings (SSSR count). The maximum absolute atomic E-state index is 12.6. The molecule has 6 nitrogen and oxygen atoms in total. The van der Waals surface area contributed by atoms with Crippen molar-refractivity contribution in [1.82, 2.24) is 5.32 Å². The number of hydrogen-bond acceptors (Lipinski definition) is 5. The molecule has 1 aromatic rings. The van der Waals surface area contributed by atoms with Crippen LogP contribution in [-0.4, -0.2) is 30.4 Å². The van der Waals surface area contributed by atoms with Crippen molar-refractivity contribution >= 4 is 34.1 Å². The third kappa shape index (κ3) is 4.10. The van der Waals surface area contributed by atoms with Crippen LogP contribution in [0.15, 0.2) is 0 Å². The third-order valence-corrected chi connectivity index (χ3v) is 4.88. The molecule has 0 saturated heterocycles. The Morgan fingerprint density at radius 1 is 1.26 bits per heavy atom. The van der Waals surface area contributed by atoms with Gasteiger partial charge in [-0.1, -0.05) is 0 Å². The average molecular weight is 338 g/mol. The van der Waals surface area contributed by atoms with Crippen molar-refractivity contribution in [2.24, 2.45) is 0 Å². The molecule has 0 spiro atoms. The predicted molar refractivity (Wildman–Crippen MR) is 88.8 cm³/mol. The second kappa shape index (κ2) is 7.59. The molecular formula is C16H22N2O4S. The van der Waals surface area contributed by atoms with Crippen LogP contribution < -0.4 is 10.6 Å². The van der Waals surface area contributed by atoms with Crippen LogP contribution in [0.1, 0.15) is 54.4 Å². The van der Waals surface area contributed by atoms with E-state index in [9.17, 15) is 14.4 Å². The van der Waals surface area contributed by atoms with Crippen LogP contribution >= 0.6 is 11.3 Å². The third-order valence-electron chi connectivity index (χ3n) is 3.67. The monoisotopic (exact) mass is 338 g/mol. The van der Waals surface area contributed by atoms with E-state index in [0.717, 1.165) is 36.1 Å². The Balaban J connectivity index is 2.25. The van der Waals surface area contributed by atoms with E-state index in [1.807, 2.05) is 0 Å². The maximum atomic E-state index is 12.6. The molecule has 0 aliphatic heterocycles. The molecule has 0 aromatic carbocycles. The molecule has 23 heavy (non-hydrogen) atoms. The van der Waals surface area contributed by atoms with Gasteiger partial charge in [-0.3, -0.25) is 9.59 Å². The summed E-state index contributed by atoms with van der Waals surface area (Å²) in [6, 6.07) is 0. The van der Waals surface area contributed by atoms with Crippen LogP contribution in [-0.2, 0) is 27.2 Å². The van der Waals surface area contributed by atoms with Gasteiger partial charge in [0, 0.05) is 18.3 Å². The summed E-state index contributed by atoms with van der Waals surface area (Å²) in [5, 5.41) is 5.86. The van der Waals surface area contributed by atoms with Crippen LogP contribution in [0.3, 0.4) is 0 Å². The molecule has 1 aliphatic rings. The highest BCUT2D eigenvalue weighted by atomic mass is 32.1. The Labute approximate surface area is 139 Å². The summed E-state index contributed by atoms with van der Waals surface area (Å²) < 4.78 is 5.30. The summed E-state index contributed by atoms with van der Waals surface area (Å²) in [5.41, 5.74) is 1.37. The summed E-state index contributed by atoms with van der Waals surface area (Å²) in [6.07, 6.45) is 2.93. The number of thiophene rings is 1. The minimum atomic E-state index is -0.869. The molecule has 0 saturated carbocycles. The molecule has 1 atom stereocenters. The lowest BCUT2D eigenvalue weighted by Gasteiger charge is -2.15. The Hall–Kier alpha value is -1.89. The number of esters is 1. The summed E-state index contributed by atoms with van der Waals surface area (Å²) in [5.74, 6) is -1.10. The van der Waals surface area contributed by atoms with Gasteiger partial charge in [-0.2, -0.15) is 0 Å². The average Bonchev–Trinajstić information content (AvgIpc) is 2.84. The number of ether oxygens (including phenoxy) is 1. The zero-order valence-corrected chi connectivity index (χ0v) is 14.5. The molecule has 1 aliphatic carbocycles. The number of fused-ring (bicyclic) bond motifs is 1. The van der Waals surface area contributed by atoms with Crippen molar-refractivity contribution in [3.8, 4) is 0 Å². The van der Waals surface area contributed by atoms with Crippen molar-refractivity contribution in [2.75, 3.05) is 11.9 Å². The number of carbonyl (C=O) groups is 3. The SMILES string of the molecule is CCNC(=O)C(C)OC(=O)c1c(NC(C)=O)sc2c1CCCC2. The van der Waals surface area contributed by atoms with Gasteiger partial charge in [0.05, 0.1) is 5.56 Å². The molecule has 2 N–H and O–H groups in total. The number of anilines is 1. The van der Waals surface area contributed by atoms with Gasteiger partial charge in [-0.05, 0) is 45.1 Å². The fourth-order valence-corrected chi connectivity index (χ4v) is 3.94. The number of likely N-dealkylation sites (N-methyl/N-ethyl adjacent to an activating group) is 1. The zero-order chi connectivity index (χ0) is 17.0. The van der Waals surface area contributed by atoms with E-state index in [0.29, 0.717) is 17.1 Å². The van der Waals surface area contributed by atoms with Gasteiger partial charge < -0.3 is 15.4 Å². The number of hydrogen-bond donors (Lipinski definition) is 2. The number of carbonyl (C=O) groups excluding carboxylic acids is 3. The Bertz CT molecular complexity index is 624. The molecule has 0 bridgehead atoms. The molecule has 0 fully saturated rings. The number of amides is 2. The van der Waals surface area contributed by atoms with Crippen molar-refractivity contribution < 1.29 is 19.1 Å². The van der Waals surface area contributed by atoms with E-state index >= 15 is 0 Å². The lowest BCUT2D eigenvalue weighted by molar-refractivity contribution is -0.129. The summed E-state index contributed by atoms with van der Waals surface area (Å²) in [6.45, 7) is 5.23. The quantitative estimate of drug-likeness (QED) is 0.807. The van der Waals surface area contributed by atoms with E-state index in [1.54, 1.807) is 13.8 Å². The summed E-state index contributed by atoms with van der Waals surface area (Å²) in [7, 11) is 0. The molecule has 2 amide bonds. The van der Waals surface area contributed by atoms with E-state index in [4.69, 9.17) is 4.74 Å². The molecule has 126 valence electrons. The van der Waals surface area contributed by atoms with Gasteiger partial charge in [-0.25, -0.2) is 4.79 Å². The molecule has 1 aromatic heterocycles. The predicted octanol–water partition coefficient (Wildman–Crippen LogP) is 2.27. The maximum Gasteiger partial charge on any atom is 0.342 e. The second-order valence-corrected chi connectivity index (χ2v) is 6.64. The molecule has 1 heterocycles. The smallest absolute Gasteiger partial charge is 0.342 e. The highest BCUT2D eigenvalue weighted by molar-refractivity contribution is 7.17. The fourth-order valence-electron chi connectivity index (χ4n) is 2.62. The Kier molecular flexibility index (Phi) is 5.76. The Morgan fingerprint density at radius 2 is 1.96 bits per heavy atom. The van der Waals surface area contributed by atoms with Gasteiger partial charge >= 0.3 is 5.97 Å². The highest BCUT2D eigenvalue weighted by Crippen LogP contribution is 2.38. The van der Waals surface area contributed by atoms with E-state index < -0.39 is 12.1 Å². The van der Waals surface area contributed by atoms with Crippen LogP contribution in [0, 0.1) is 0 Å². The second-order valence-electron chi connectivity index (χ2n) is 5.54. The summed E-state index contributed by atoms with van der Waals surface area (Å²) >= 11 is 1.43. The van der Waals surface area contributed by atoms with Gasteiger partial charge in [-0.15, -0.1) is 11.3 Å². The van der Waals surface area contributed by atoms with Gasteiger partial charge in [0.25, 0.3) is 5.91 Å². The number of nitrogens with one attached hydrogen (secondary N) is 2. The zero-order valence-electron chi connectivity index (χ0n) is 13.7. The molecule has 1 unspecified atom stereocenters. The first-order chi connectivity index (χ1) is 10.9. The minimum absolute atomic E-state index is 0.227. The van der Waals surface area contributed by atoms with Crippen molar-refractivity contribution in [1.29, 1.82) is 0 Å². The van der Waals surface area contributed by atoms with Crippen LogP contribution in [0.25, 0.3) is 0 Å². The van der Waals surface area contributed by atoms with E-state index in [1.165, 1.54) is 18.3 Å². The standard InChI is InChI=1S/C16H22N2O4S/c1-4-17-14(20)9(2)22-16(21)13-11-7-5-6-8-12(11)23-15(13)18-10(3)19/h9H,4-8H2,1-3H3,(H,17,20)(H,18,19). The first kappa shape index (κ1) is 17.5. The first-order valence-electron chi connectivity index (χ1n) is 7.84. The lowest BCUT2D eigenvalue weighted by Crippen LogP contribution is -2.35. The molecule has 0 radical (unpaired) electrons. The van der Waals surface area contributed by atoms with Crippen molar-refractivity contribution in [2.45, 2.75) is 52.6 Å². The largest absolute Gasteiger partial charge is 0.449 e. The van der Waals surface area contributed by atoms with Gasteiger partial charge in [0.2, 0.25) is 5.91 Å². The van der Waals surface area contributed by atoms with Crippen LogP contribution in [0.4, 0.5) is 5.00 Å². The van der Waals surface area contributed by atoms with Crippen LogP contribution in [0.5, 0.6) is 0 Å². The topological polar surface area (TPSA) is 84.5 Å². The lowest BCUT2D eigenvalue weighted by atomic mass is 9.95. The normalized spacial score (nSPS) is 14.6.